The summed E-state index contributed by atoms with van der Waals surface area (Å²) in [6.07, 6.45) is 5.58. The summed E-state index contributed by atoms with van der Waals surface area (Å²) in [5, 5.41) is 3.08. The molecule has 0 aliphatic heterocycles. The molecule has 1 aromatic heterocycles. The number of nitrogens with zero attached hydrogens (tertiary/aromatic N) is 2. The molecule has 3 nitrogen and oxygen atoms in total. The summed E-state index contributed by atoms with van der Waals surface area (Å²) in [4.78, 5) is 6.82. The van der Waals surface area contributed by atoms with Gasteiger partial charge in [0, 0.05) is 20.6 Å². The molecule has 1 saturated carbocycles. The third-order valence-electron chi connectivity index (χ3n) is 3.39. The molecular formula is C13H21N3. The minimum atomic E-state index is 0.866. The van der Waals surface area contributed by atoms with E-state index in [1.165, 1.54) is 25.7 Å². The molecule has 0 radical (unpaired) electrons. The van der Waals surface area contributed by atoms with Crippen LogP contribution < -0.4 is 10.2 Å². The van der Waals surface area contributed by atoms with E-state index < -0.39 is 0 Å². The second-order valence-electron chi connectivity index (χ2n) is 4.66. The van der Waals surface area contributed by atoms with Gasteiger partial charge >= 0.3 is 0 Å². The van der Waals surface area contributed by atoms with Crippen molar-refractivity contribution in [3.63, 3.8) is 0 Å². The molecule has 1 aromatic rings. The van der Waals surface area contributed by atoms with E-state index >= 15 is 0 Å². The summed E-state index contributed by atoms with van der Waals surface area (Å²) in [5.74, 6) is 2.87. The van der Waals surface area contributed by atoms with E-state index in [0.717, 1.165) is 24.1 Å². The lowest BCUT2D eigenvalue weighted by molar-refractivity contribution is 0.545. The normalized spacial score (nSPS) is 16.4. The standard InChI is InChI=1S/C13H21N3/c1-14-12-8-5-9-13(15-12)16(2)10-11-6-3-4-7-11/h5,8-9,11H,3-4,6-7,10H2,1-2H3,(H,14,15). The summed E-state index contributed by atoms with van der Waals surface area (Å²) in [6.45, 7) is 1.14. The summed E-state index contributed by atoms with van der Waals surface area (Å²) in [6, 6.07) is 6.13. The van der Waals surface area contributed by atoms with E-state index in [-0.39, 0.29) is 0 Å². The van der Waals surface area contributed by atoms with Crippen LogP contribution in [0.4, 0.5) is 11.6 Å². The Morgan fingerprint density at radius 1 is 1.38 bits per heavy atom. The summed E-state index contributed by atoms with van der Waals surface area (Å²) in [7, 11) is 4.04. The molecule has 1 aliphatic rings. The van der Waals surface area contributed by atoms with Gasteiger partial charge in [0.1, 0.15) is 11.6 Å². The van der Waals surface area contributed by atoms with E-state index in [0.29, 0.717) is 0 Å². The number of aromatic nitrogens is 1. The number of anilines is 2. The topological polar surface area (TPSA) is 28.2 Å². The highest BCUT2D eigenvalue weighted by molar-refractivity contribution is 5.46. The number of hydrogen-bond acceptors (Lipinski definition) is 3. The summed E-state index contributed by atoms with van der Waals surface area (Å²) >= 11 is 0. The Morgan fingerprint density at radius 3 is 2.81 bits per heavy atom. The Kier molecular flexibility index (Phi) is 3.65. The zero-order valence-electron chi connectivity index (χ0n) is 10.2. The first-order valence-corrected chi connectivity index (χ1v) is 6.15. The third-order valence-corrected chi connectivity index (χ3v) is 3.39. The Labute approximate surface area is 97.9 Å². The lowest BCUT2D eigenvalue weighted by atomic mass is 10.1. The van der Waals surface area contributed by atoms with Gasteiger partial charge in [-0.25, -0.2) is 4.98 Å². The third kappa shape index (κ3) is 2.65. The van der Waals surface area contributed by atoms with Gasteiger partial charge in [-0.15, -0.1) is 0 Å². The van der Waals surface area contributed by atoms with E-state index in [9.17, 15) is 0 Å². The number of rotatable bonds is 4. The molecule has 1 aliphatic carbocycles. The van der Waals surface area contributed by atoms with Crippen LogP contribution in [0.15, 0.2) is 18.2 Å². The van der Waals surface area contributed by atoms with Gasteiger partial charge in [0.25, 0.3) is 0 Å². The van der Waals surface area contributed by atoms with Gasteiger partial charge in [0.15, 0.2) is 0 Å². The Balaban J connectivity index is 1.98. The van der Waals surface area contributed by atoms with Gasteiger partial charge in [0.2, 0.25) is 0 Å². The van der Waals surface area contributed by atoms with Crippen molar-refractivity contribution in [2.24, 2.45) is 5.92 Å². The number of hydrogen-bond donors (Lipinski definition) is 1. The first-order valence-electron chi connectivity index (χ1n) is 6.15. The Morgan fingerprint density at radius 2 is 2.12 bits per heavy atom. The smallest absolute Gasteiger partial charge is 0.130 e. The lowest BCUT2D eigenvalue weighted by Gasteiger charge is -2.22. The minimum absolute atomic E-state index is 0.866. The van der Waals surface area contributed by atoms with Crippen LogP contribution in [0.3, 0.4) is 0 Å². The largest absolute Gasteiger partial charge is 0.373 e. The van der Waals surface area contributed by atoms with Crippen LogP contribution in [0.5, 0.6) is 0 Å². The molecule has 1 heterocycles. The van der Waals surface area contributed by atoms with Gasteiger partial charge in [-0.1, -0.05) is 18.9 Å². The molecular weight excluding hydrogens is 198 g/mol. The van der Waals surface area contributed by atoms with Crippen molar-refractivity contribution in [1.29, 1.82) is 0 Å². The van der Waals surface area contributed by atoms with Gasteiger partial charge < -0.3 is 10.2 Å². The van der Waals surface area contributed by atoms with Crippen LogP contribution in [0.2, 0.25) is 0 Å². The maximum absolute atomic E-state index is 4.55. The van der Waals surface area contributed by atoms with Crippen LogP contribution in [0.1, 0.15) is 25.7 Å². The first kappa shape index (κ1) is 11.2. The first-order chi connectivity index (χ1) is 7.79. The van der Waals surface area contributed by atoms with E-state index in [1.54, 1.807) is 0 Å². The summed E-state index contributed by atoms with van der Waals surface area (Å²) in [5.41, 5.74) is 0. The van der Waals surface area contributed by atoms with Crippen molar-refractivity contribution < 1.29 is 0 Å². The fourth-order valence-corrected chi connectivity index (χ4v) is 2.45. The van der Waals surface area contributed by atoms with Gasteiger partial charge in [-0.3, -0.25) is 0 Å². The van der Waals surface area contributed by atoms with Crippen LogP contribution in [0.25, 0.3) is 0 Å². The molecule has 16 heavy (non-hydrogen) atoms. The predicted octanol–water partition coefficient (Wildman–Crippen LogP) is 2.75. The molecule has 1 N–H and O–H groups in total. The predicted molar refractivity (Wildman–Crippen MR) is 69.0 cm³/mol. The molecule has 0 saturated heterocycles. The van der Waals surface area contributed by atoms with Crippen molar-refractivity contribution in [3.05, 3.63) is 18.2 Å². The maximum Gasteiger partial charge on any atom is 0.130 e. The molecule has 0 atom stereocenters. The SMILES string of the molecule is CNc1cccc(N(C)CC2CCCC2)n1. The average Bonchev–Trinajstić information content (AvgIpc) is 2.82. The highest BCUT2D eigenvalue weighted by atomic mass is 15.2. The molecule has 0 aromatic carbocycles. The van der Waals surface area contributed by atoms with Crippen molar-refractivity contribution >= 4 is 11.6 Å². The quantitative estimate of drug-likeness (QED) is 0.844. The average molecular weight is 219 g/mol. The molecule has 1 fully saturated rings. The maximum atomic E-state index is 4.55. The summed E-state index contributed by atoms with van der Waals surface area (Å²) < 4.78 is 0. The van der Waals surface area contributed by atoms with Crippen LogP contribution in [-0.2, 0) is 0 Å². The van der Waals surface area contributed by atoms with Crippen LogP contribution >= 0.6 is 0 Å². The Bertz CT molecular complexity index is 332. The van der Waals surface area contributed by atoms with Crippen molar-refractivity contribution in [3.8, 4) is 0 Å². The van der Waals surface area contributed by atoms with Crippen molar-refractivity contribution in [2.45, 2.75) is 25.7 Å². The van der Waals surface area contributed by atoms with Gasteiger partial charge in [-0.05, 0) is 30.9 Å². The minimum Gasteiger partial charge on any atom is -0.373 e. The molecule has 0 spiro atoms. The van der Waals surface area contributed by atoms with Crippen LogP contribution in [-0.4, -0.2) is 25.6 Å². The van der Waals surface area contributed by atoms with E-state index in [2.05, 4.69) is 34.4 Å². The van der Waals surface area contributed by atoms with E-state index in [4.69, 9.17) is 0 Å². The fraction of sp³-hybridized carbons (Fsp3) is 0.615. The molecule has 3 heteroatoms. The highest BCUT2D eigenvalue weighted by Crippen LogP contribution is 2.26. The van der Waals surface area contributed by atoms with Crippen molar-refractivity contribution in [2.75, 3.05) is 30.9 Å². The molecule has 88 valence electrons. The molecule has 0 unspecified atom stereocenters. The second kappa shape index (κ2) is 5.19. The van der Waals surface area contributed by atoms with Gasteiger partial charge in [0.05, 0.1) is 0 Å². The number of nitrogens with one attached hydrogen (secondary N) is 1. The van der Waals surface area contributed by atoms with Crippen molar-refractivity contribution in [1.82, 2.24) is 4.98 Å². The highest BCUT2D eigenvalue weighted by Gasteiger charge is 2.17. The monoisotopic (exact) mass is 219 g/mol. The molecule has 0 amide bonds. The molecule has 0 bridgehead atoms. The second-order valence-corrected chi connectivity index (χ2v) is 4.66. The Hall–Kier alpha value is -1.25. The zero-order chi connectivity index (χ0) is 11.4. The molecule has 2 rings (SSSR count). The van der Waals surface area contributed by atoms with Gasteiger partial charge in [-0.2, -0.15) is 0 Å². The zero-order valence-corrected chi connectivity index (χ0v) is 10.2. The lowest BCUT2D eigenvalue weighted by Crippen LogP contribution is -2.24. The van der Waals surface area contributed by atoms with Crippen LogP contribution in [0, 0.1) is 5.92 Å². The fourth-order valence-electron chi connectivity index (χ4n) is 2.45. The number of pyridine rings is 1. The van der Waals surface area contributed by atoms with E-state index in [1.807, 2.05) is 13.1 Å².